The molecule has 0 radical (unpaired) electrons. The smallest absolute Gasteiger partial charge is 0.0695 e. The Kier molecular flexibility index (Phi) is 4.39. The van der Waals surface area contributed by atoms with Crippen LogP contribution in [-0.2, 0) is 0 Å². The first-order valence-corrected chi connectivity index (χ1v) is 5.92. The predicted molar refractivity (Wildman–Crippen MR) is 60.3 cm³/mol. The van der Waals surface area contributed by atoms with Crippen LogP contribution in [0.4, 0.5) is 0 Å². The highest BCUT2D eigenvalue weighted by Crippen LogP contribution is 2.25. The highest BCUT2D eigenvalue weighted by atomic mass is 16.3. The van der Waals surface area contributed by atoms with Gasteiger partial charge in [-0.2, -0.15) is 0 Å². The molecule has 1 N–H and O–H groups in total. The van der Waals surface area contributed by atoms with Gasteiger partial charge >= 0.3 is 0 Å². The zero-order valence-corrected chi connectivity index (χ0v) is 10.0. The summed E-state index contributed by atoms with van der Waals surface area (Å²) in [6, 6.07) is 0.997. The monoisotopic (exact) mass is 199 g/mol. The van der Waals surface area contributed by atoms with E-state index in [9.17, 15) is 5.11 Å². The van der Waals surface area contributed by atoms with Gasteiger partial charge in [-0.3, -0.25) is 4.90 Å². The number of hydrogen-bond acceptors (Lipinski definition) is 2. The van der Waals surface area contributed by atoms with Crippen molar-refractivity contribution in [3.63, 3.8) is 0 Å². The van der Waals surface area contributed by atoms with Gasteiger partial charge in [0.05, 0.1) is 6.10 Å². The SMILES string of the molecule is CC(C)CC(C)N(C)[C@@H]1CCC[C@H]1O. The molecule has 1 saturated carbocycles. The molecule has 0 aliphatic heterocycles. The molecule has 0 spiro atoms. The molecule has 1 fully saturated rings. The molecule has 2 heteroatoms. The van der Waals surface area contributed by atoms with Crippen LogP contribution in [0.25, 0.3) is 0 Å². The summed E-state index contributed by atoms with van der Waals surface area (Å²) in [5.74, 6) is 0.742. The first-order chi connectivity index (χ1) is 6.52. The van der Waals surface area contributed by atoms with Gasteiger partial charge in [-0.1, -0.05) is 13.8 Å². The first kappa shape index (κ1) is 12.0. The lowest BCUT2D eigenvalue weighted by Crippen LogP contribution is -2.43. The van der Waals surface area contributed by atoms with E-state index in [4.69, 9.17) is 0 Å². The van der Waals surface area contributed by atoms with Crippen LogP contribution in [0.5, 0.6) is 0 Å². The van der Waals surface area contributed by atoms with Crippen molar-refractivity contribution in [2.24, 2.45) is 5.92 Å². The third-order valence-electron chi connectivity index (χ3n) is 3.47. The van der Waals surface area contributed by atoms with E-state index in [1.165, 1.54) is 19.3 Å². The Bertz CT molecular complexity index is 170. The van der Waals surface area contributed by atoms with Gasteiger partial charge in [0.2, 0.25) is 0 Å². The van der Waals surface area contributed by atoms with E-state index in [0.717, 1.165) is 12.3 Å². The molecule has 0 amide bonds. The highest BCUT2D eigenvalue weighted by molar-refractivity contribution is 4.85. The third kappa shape index (κ3) is 2.96. The summed E-state index contributed by atoms with van der Waals surface area (Å²) in [5.41, 5.74) is 0. The molecule has 0 aromatic carbocycles. The molecule has 0 aromatic heterocycles. The maximum absolute atomic E-state index is 9.80. The van der Waals surface area contributed by atoms with Gasteiger partial charge in [-0.05, 0) is 45.6 Å². The lowest BCUT2D eigenvalue weighted by molar-refractivity contribution is 0.0601. The van der Waals surface area contributed by atoms with E-state index >= 15 is 0 Å². The van der Waals surface area contributed by atoms with Gasteiger partial charge in [0.15, 0.2) is 0 Å². The van der Waals surface area contributed by atoms with Crippen molar-refractivity contribution in [2.75, 3.05) is 7.05 Å². The Morgan fingerprint density at radius 2 is 1.93 bits per heavy atom. The van der Waals surface area contributed by atoms with Crippen LogP contribution >= 0.6 is 0 Å². The van der Waals surface area contributed by atoms with Crippen molar-refractivity contribution in [3.8, 4) is 0 Å². The van der Waals surface area contributed by atoms with Crippen molar-refractivity contribution in [1.82, 2.24) is 4.90 Å². The maximum Gasteiger partial charge on any atom is 0.0695 e. The number of hydrogen-bond donors (Lipinski definition) is 1. The minimum absolute atomic E-state index is 0.0883. The van der Waals surface area contributed by atoms with Crippen LogP contribution in [0.3, 0.4) is 0 Å². The molecule has 0 heterocycles. The Morgan fingerprint density at radius 3 is 2.36 bits per heavy atom. The molecule has 2 nitrogen and oxygen atoms in total. The minimum atomic E-state index is -0.0883. The van der Waals surface area contributed by atoms with E-state index in [-0.39, 0.29) is 6.10 Å². The average molecular weight is 199 g/mol. The Balaban J connectivity index is 2.42. The average Bonchev–Trinajstić information content (AvgIpc) is 2.48. The van der Waals surface area contributed by atoms with Gasteiger partial charge < -0.3 is 5.11 Å². The Morgan fingerprint density at radius 1 is 1.29 bits per heavy atom. The lowest BCUT2D eigenvalue weighted by Gasteiger charge is -2.33. The second-order valence-electron chi connectivity index (χ2n) is 5.21. The highest BCUT2D eigenvalue weighted by Gasteiger charge is 2.30. The zero-order chi connectivity index (χ0) is 10.7. The van der Waals surface area contributed by atoms with E-state index in [2.05, 4.69) is 32.7 Å². The summed E-state index contributed by atoms with van der Waals surface area (Å²) in [5, 5.41) is 9.80. The molecule has 1 rings (SSSR count). The van der Waals surface area contributed by atoms with Crippen LogP contribution in [0, 0.1) is 5.92 Å². The normalized spacial score (nSPS) is 30.2. The molecule has 1 unspecified atom stereocenters. The number of nitrogens with zero attached hydrogens (tertiary/aromatic N) is 1. The summed E-state index contributed by atoms with van der Waals surface area (Å²) in [7, 11) is 2.16. The van der Waals surface area contributed by atoms with E-state index < -0.39 is 0 Å². The zero-order valence-electron chi connectivity index (χ0n) is 10.0. The molecular weight excluding hydrogens is 174 g/mol. The van der Waals surface area contributed by atoms with Crippen LogP contribution in [0.1, 0.15) is 46.5 Å². The van der Waals surface area contributed by atoms with Crippen LogP contribution in [0.2, 0.25) is 0 Å². The Labute approximate surface area is 88.3 Å². The summed E-state index contributed by atoms with van der Waals surface area (Å²) in [6.07, 6.45) is 4.47. The van der Waals surface area contributed by atoms with Crippen LogP contribution in [-0.4, -0.2) is 35.2 Å². The number of aliphatic hydroxyl groups is 1. The summed E-state index contributed by atoms with van der Waals surface area (Å²) < 4.78 is 0. The van der Waals surface area contributed by atoms with Gasteiger partial charge in [0.25, 0.3) is 0 Å². The summed E-state index contributed by atoms with van der Waals surface area (Å²) >= 11 is 0. The number of rotatable bonds is 4. The first-order valence-electron chi connectivity index (χ1n) is 5.92. The minimum Gasteiger partial charge on any atom is -0.391 e. The van der Waals surface area contributed by atoms with Gasteiger partial charge in [-0.25, -0.2) is 0 Å². The molecule has 84 valence electrons. The fourth-order valence-electron chi connectivity index (χ4n) is 2.57. The van der Waals surface area contributed by atoms with Crippen molar-refractivity contribution in [2.45, 2.75) is 64.6 Å². The van der Waals surface area contributed by atoms with Crippen molar-refractivity contribution in [1.29, 1.82) is 0 Å². The fraction of sp³-hybridized carbons (Fsp3) is 1.00. The van der Waals surface area contributed by atoms with Gasteiger partial charge in [-0.15, -0.1) is 0 Å². The number of likely N-dealkylation sites (N-methyl/N-ethyl adjacent to an activating group) is 1. The summed E-state index contributed by atoms with van der Waals surface area (Å²) in [4.78, 5) is 2.37. The molecule has 0 aromatic rings. The molecular formula is C12H25NO. The molecule has 0 saturated heterocycles. The third-order valence-corrected chi connectivity index (χ3v) is 3.47. The summed E-state index contributed by atoms with van der Waals surface area (Å²) in [6.45, 7) is 6.79. The topological polar surface area (TPSA) is 23.5 Å². The second kappa shape index (κ2) is 5.13. The van der Waals surface area contributed by atoms with Crippen LogP contribution < -0.4 is 0 Å². The molecule has 0 bridgehead atoms. The molecule has 3 atom stereocenters. The maximum atomic E-state index is 9.80. The second-order valence-corrected chi connectivity index (χ2v) is 5.21. The quantitative estimate of drug-likeness (QED) is 0.751. The van der Waals surface area contributed by atoms with Crippen molar-refractivity contribution < 1.29 is 5.11 Å². The predicted octanol–water partition coefficient (Wildman–Crippen LogP) is 2.27. The fourth-order valence-corrected chi connectivity index (χ4v) is 2.57. The largest absolute Gasteiger partial charge is 0.391 e. The van der Waals surface area contributed by atoms with Crippen molar-refractivity contribution in [3.05, 3.63) is 0 Å². The Hall–Kier alpha value is -0.0800. The van der Waals surface area contributed by atoms with Crippen LogP contribution in [0.15, 0.2) is 0 Å². The van der Waals surface area contributed by atoms with Gasteiger partial charge in [0.1, 0.15) is 0 Å². The van der Waals surface area contributed by atoms with Gasteiger partial charge in [0, 0.05) is 12.1 Å². The molecule has 14 heavy (non-hydrogen) atoms. The number of aliphatic hydroxyl groups excluding tert-OH is 1. The van der Waals surface area contributed by atoms with Crippen molar-refractivity contribution >= 4 is 0 Å². The van der Waals surface area contributed by atoms with E-state index in [1.807, 2.05) is 0 Å². The lowest BCUT2D eigenvalue weighted by atomic mass is 10.0. The molecule has 1 aliphatic rings. The van der Waals surface area contributed by atoms with E-state index in [0.29, 0.717) is 12.1 Å². The molecule has 1 aliphatic carbocycles. The standard InChI is InChI=1S/C12H25NO/c1-9(2)8-10(3)13(4)11-6-5-7-12(11)14/h9-12,14H,5-8H2,1-4H3/t10?,11-,12-/m1/s1. The van der Waals surface area contributed by atoms with E-state index in [1.54, 1.807) is 0 Å².